The molecule has 2 heterocycles. The van der Waals surface area contributed by atoms with E-state index in [1.54, 1.807) is 12.1 Å². The van der Waals surface area contributed by atoms with Crippen molar-refractivity contribution >= 4 is 11.0 Å². The number of nitrogens with zero attached hydrogens (tertiary/aromatic N) is 3. The van der Waals surface area contributed by atoms with Gasteiger partial charge in [-0.2, -0.15) is 10.5 Å². The molecule has 0 aliphatic carbocycles. The van der Waals surface area contributed by atoms with Crippen molar-refractivity contribution < 1.29 is 4.42 Å². The van der Waals surface area contributed by atoms with Crippen molar-refractivity contribution in [2.24, 2.45) is 0 Å². The minimum absolute atomic E-state index is 0.391. The molecule has 1 saturated heterocycles. The first kappa shape index (κ1) is 17.3. The maximum Gasteiger partial charge on any atom is 0.142 e. The average Bonchev–Trinajstić information content (AvgIpc) is 3.30. The molecule has 134 valence electrons. The highest BCUT2D eigenvalue weighted by Gasteiger charge is 2.20. The fraction of sp³-hybridized carbons (Fsp3) is 0.304. The van der Waals surface area contributed by atoms with Crippen LogP contribution in [0, 0.1) is 22.7 Å². The Hall–Kier alpha value is -3.08. The Labute approximate surface area is 159 Å². The molecular weight excluding hydrogens is 334 g/mol. The van der Waals surface area contributed by atoms with Gasteiger partial charge in [0.15, 0.2) is 0 Å². The third-order valence-corrected chi connectivity index (χ3v) is 5.50. The first-order chi connectivity index (χ1) is 13.2. The minimum atomic E-state index is 0.391. The van der Waals surface area contributed by atoms with Crippen molar-refractivity contribution in [1.29, 1.82) is 10.5 Å². The third kappa shape index (κ3) is 3.33. The molecule has 4 nitrogen and oxygen atoms in total. The molecule has 0 saturated carbocycles. The van der Waals surface area contributed by atoms with Crippen LogP contribution in [0.5, 0.6) is 0 Å². The van der Waals surface area contributed by atoms with E-state index in [2.05, 4.69) is 36.1 Å². The van der Waals surface area contributed by atoms with Gasteiger partial charge in [-0.25, -0.2) is 0 Å². The van der Waals surface area contributed by atoms with Gasteiger partial charge in [-0.15, -0.1) is 0 Å². The molecule has 0 spiro atoms. The lowest BCUT2D eigenvalue weighted by atomic mass is 9.99. The average molecular weight is 355 g/mol. The Bertz CT molecular complexity index is 1070. The van der Waals surface area contributed by atoms with E-state index in [9.17, 15) is 5.26 Å². The molecule has 1 unspecified atom stereocenters. The van der Waals surface area contributed by atoms with Gasteiger partial charge in [0.2, 0.25) is 0 Å². The Morgan fingerprint density at radius 1 is 1.11 bits per heavy atom. The van der Waals surface area contributed by atoms with Gasteiger partial charge in [0, 0.05) is 30.0 Å². The standard InChI is InChI=1S/C23H21N3O/c1-16-4-3-10-26(16)11-9-21-13-18-5-2-6-22(23(18)27-21)17-7-8-19(14-24)20(12-17)15-25/h2,5-8,12-13,16H,3-4,9-11H2,1H3. The number of hydrogen-bond donors (Lipinski definition) is 0. The van der Waals surface area contributed by atoms with Crippen LogP contribution < -0.4 is 0 Å². The van der Waals surface area contributed by atoms with Gasteiger partial charge in [-0.3, -0.25) is 0 Å². The van der Waals surface area contributed by atoms with Crippen LogP contribution in [0.2, 0.25) is 0 Å². The molecule has 1 atom stereocenters. The van der Waals surface area contributed by atoms with Gasteiger partial charge in [0.1, 0.15) is 23.5 Å². The normalized spacial score (nSPS) is 17.1. The topological polar surface area (TPSA) is 64.0 Å². The molecule has 0 bridgehead atoms. The highest BCUT2D eigenvalue weighted by molar-refractivity contribution is 5.93. The second-order valence-electron chi connectivity index (χ2n) is 7.20. The number of nitriles is 2. The van der Waals surface area contributed by atoms with Crippen LogP contribution in [0.1, 0.15) is 36.7 Å². The molecule has 0 N–H and O–H groups in total. The molecule has 1 fully saturated rings. The zero-order valence-corrected chi connectivity index (χ0v) is 15.4. The monoisotopic (exact) mass is 355 g/mol. The second kappa shape index (κ2) is 7.27. The van der Waals surface area contributed by atoms with Gasteiger partial charge >= 0.3 is 0 Å². The maximum atomic E-state index is 9.30. The molecule has 4 heteroatoms. The number of likely N-dealkylation sites (tertiary alicyclic amines) is 1. The van der Waals surface area contributed by atoms with Crippen LogP contribution in [0.15, 0.2) is 46.9 Å². The van der Waals surface area contributed by atoms with E-state index in [0.717, 1.165) is 40.8 Å². The number of furan rings is 1. The summed E-state index contributed by atoms with van der Waals surface area (Å²) in [5.41, 5.74) is 3.48. The Morgan fingerprint density at radius 3 is 2.70 bits per heavy atom. The van der Waals surface area contributed by atoms with E-state index in [4.69, 9.17) is 9.68 Å². The number of para-hydroxylation sites is 1. The highest BCUT2D eigenvalue weighted by atomic mass is 16.3. The summed E-state index contributed by atoms with van der Waals surface area (Å²) in [5.74, 6) is 0.991. The summed E-state index contributed by atoms with van der Waals surface area (Å²) in [4.78, 5) is 2.52. The second-order valence-corrected chi connectivity index (χ2v) is 7.20. The van der Waals surface area contributed by atoms with E-state index in [0.29, 0.717) is 17.2 Å². The molecule has 2 aromatic carbocycles. The van der Waals surface area contributed by atoms with Gasteiger partial charge < -0.3 is 9.32 Å². The number of hydrogen-bond acceptors (Lipinski definition) is 4. The summed E-state index contributed by atoms with van der Waals surface area (Å²) in [7, 11) is 0. The van der Waals surface area contributed by atoms with Gasteiger partial charge in [0.25, 0.3) is 0 Å². The molecular formula is C23H21N3O. The van der Waals surface area contributed by atoms with Gasteiger partial charge in [-0.1, -0.05) is 24.3 Å². The fourth-order valence-electron chi connectivity index (χ4n) is 3.95. The molecule has 4 rings (SSSR count). The van der Waals surface area contributed by atoms with E-state index in [1.807, 2.05) is 18.2 Å². The van der Waals surface area contributed by atoms with Crippen molar-refractivity contribution in [1.82, 2.24) is 4.90 Å². The van der Waals surface area contributed by atoms with E-state index in [-0.39, 0.29) is 0 Å². The summed E-state index contributed by atoms with van der Waals surface area (Å²) in [6.45, 7) is 4.49. The summed E-state index contributed by atoms with van der Waals surface area (Å²) in [5, 5.41) is 19.5. The molecule has 3 aromatic rings. The SMILES string of the molecule is CC1CCCN1CCc1cc2cccc(-c3ccc(C#N)c(C#N)c3)c2o1. The smallest absolute Gasteiger partial charge is 0.142 e. The quantitative estimate of drug-likeness (QED) is 0.670. The summed E-state index contributed by atoms with van der Waals surface area (Å²) in [6, 6.07) is 18.4. The van der Waals surface area contributed by atoms with Crippen molar-refractivity contribution in [3.05, 3.63) is 59.4 Å². The number of benzene rings is 2. The predicted octanol–water partition coefficient (Wildman–Crippen LogP) is 4.87. The maximum absolute atomic E-state index is 9.30. The van der Waals surface area contributed by atoms with Gasteiger partial charge in [0.05, 0.1) is 11.1 Å². The van der Waals surface area contributed by atoms with Crippen molar-refractivity contribution in [2.75, 3.05) is 13.1 Å². The van der Waals surface area contributed by atoms with Crippen LogP contribution in [-0.4, -0.2) is 24.0 Å². The molecule has 0 amide bonds. The van der Waals surface area contributed by atoms with Crippen molar-refractivity contribution in [2.45, 2.75) is 32.2 Å². The minimum Gasteiger partial charge on any atom is -0.460 e. The first-order valence-electron chi connectivity index (χ1n) is 9.39. The molecule has 1 aliphatic rings. The number of rotatable bonds is 4. The summed E-state index contributed by atoms with van der Waals surface area (Å²) < 4.78 is 6.20. The molecule has 0 radical (unpaired) electrons. The van der Waals surface area contributed by atoms with E-state index >= 15 is 0 Å². The van der Waals surface area contributed by atoms with Crippen LogP contribution in [0.4, 0.5) is 0 Å². The first-order valence-corrected chi connectivity index (χ1v) is 9.39. The van der Waals surface area contributed by atoms with E-state index < -0.39 is 0 Å². The van der Waals surface area contributed by atoms with Gasteiger partial charge in [-0.05, 0) is 50.1 Å². The fourth-order valence-corrected chi connectivity index (χ4v) is 3.95. The van der Waals surface area contributed by atoms with Crippen LogP contribution in [0.3, 0.4) is 0 Å². The zero-order valence-electron chi connectivity index (χ0n) is 15.4. The van der Waals surface area contributed by atoms with Crippen molar-refractivity contribution in [3.8, 4) is 23.3 Å². The largest absolute Gasteiger partial charge is 0.460 e. The molecule has 27 heavy (non-hydrogen) atoms. The van der Waals surface area contributed by atoms with Crippen LogP contribution >= 0.6 is 0 Å². The Balaban J connectivity index is 1.66. The Kier molecular flexibility index (Phi) is 4.67. The highest BCUT2D eigenvalue weighted by Crippen LogP contribution is 2.32. The molecule has 1 aromatic heterocycles. The lowest BCUT2D eigenvalue weighted by molar-refractivity contribution is 0.266. The summed E-state index contributed by atoms with van der Waals surface area (Å²) in [6.07, 6.45) is 3.46. The third-order valence-electron chi connectivity index (χ3n) is 5.50. The van der Waals surface area contributed by atoms with E-state index in [1.165, 1.54) is 19.4 Å². The molecule has 1 aliphatic heterocycles. The number of fused-ring (bicyclic) bond motifs is 1. The van der Waals surface area contributed by atoms with Crippen LogP contribution in [-0.2, 0) is 6.42 Å². The zero-order chi connectivity index (χ0) is 18.8. The Morgan fingerprint density at radius 2 is 1.96 bits per heavy atom. The summed E-state index contributed by atoms with van der Waals surface area (Å²) >= 11 is 0. The van der Waals surface area contributed by atoms with Crippen LogP contribution in [0.25, 0.3) is 22.1 Å². The lowest BCUT2D eigenvalue weighted by Gasteiger charge is -2.19. The van der Waals surface area contributed by atoms with Crippen molar-refractivity contribution in [3.63, 3.8) is 0 Å². The predicted molar refractivity (Wildman–Crippen MR) is 105 cm³/mol. The lowest BCUT2D eigenvalue weighted by Crippen LogP contribution is -2.28.